The fourth-order valence-electron chi connectivity index (χ4n) is 2.39. The molecule has 0 bridgehead atoms. The number of hydrogen-bond acceptors (Lipinski definition) is 4. The number of rotatable bonds is 1. The highest BCUT2D eigenvalue weighted by Gasteiger charge is 2.26. The normalized spacial score (nSPS) is 13.9. The molecule has 1 aliphatic heterocycles. The Balaban J connectivity index is 2.12. The minimum absolute atomic E-state index is 0.818. The quantitative estimate of drug-likeness (QED) is 0.767. The topological polar surface area (TPSA) is 32.3 Å². The van der Waals surface area contributed by atoms with E-state index in [0.29, 0.717) is 0 Å². The van der Waals surface area contributed by atoms with Crippen LogP contribution in [0.4, 0.5) is 17.2 Å². The summed E-state index contributed by atoms with van der Waals surface area (Å²) in [6.45, 7) is 5.12. The molecule has 0 N–H and O–H groups in total. The second kappa shape index (κ2) is 3.98. The highest BCUT2D eigenvalue weighted by Crippen LogP contribution is 2.38. The van der Waals surface area contributed by atoms with Crippen LogP contribution in [0.1, 0.15) is 11.1 Å². The molecule has 0 saturated carbocycles. The van der Waals surface area contributed by atoms with Gasteiger partial charge in [0.1, 0.15) is 12.0 Å². The van der Waals surface area contributed by atoms with Gasteiger partial charge in [0.25, 0.3) is 0 Å². The van der Waals surface area contributed by atoms with Gasteiger partial charge in [0.05, 0.1) is 12.9 Å². The van der Waals surface area contributed by atoms with Gasteiger partial charge in [-0.05, 0) is 31.0 Å². The average Bonchev–Trinajstić information content (AvgIpc) is 2.71. The summed E-state index contributed by atoms with van der Waals surface area (Å²) in [6.07, 6.45) is 3.48. The number of nitrogens with zero attached hydrogens (tertiary/aromatic N) is 4. The summed E-state index contributed by atoms with van der Waals surface area (Å²) < 4.78 is 0. The molecule has 18 heavy (non-hydrogen) atoms. The van der Waals surface area contributed by atoms with Crippen molar-refractivity contribution < 1.29 is 0 Å². The SMILES string of the molecule is Cc1cccc(N2CN(C)c3ncncc32)c1C. The van der Waals surface area contributed by atoms with E-state index in [2.05, 4.69) is 58.9 Å². The third kappa shape index (κ3) is 1.53. The number of aromatic nitrogens is 2. The maximum atomic E-state index is 4.34. The molecule has 0 aliphatic carbocycles. The lowest BCUT2D eigenvalue weighted by atomic mass is 10.1. The standard InChI is InChI=1S/C14H16N4/c1-10-5-4-6-12(11(10)2)18-9-17(3)14-13(18)7-15-8-16-14/h4-8H,9H2,1-3H3. The molecule has 0 fully saturated rings. The van der Waals surface area contributed by atoms with E-state index in [4.69, 9.17) is 0 Å². The molecule has 3 rings (SSSR count). The summed E-state index contributed by atoms with van der Waals surface area (Å²) in [5, 5.41) is 0. The molecule has 4 nitrogen and oxygen atoms in total. The molecule has 92 valence electrons. The highest BCUT2D eigenvalue weighted by atomic mass is 15.4. The Morgan fingerprint density at radius 2 is 2.00 bits per heavy atom. The average molecular weight is 240 g/mol. The fourth-order valence-corrected chi connectivity index (χ4v) is 2.39. The first-order valence-corrected chi connectivity index (χ1v) is 6.03. The van der Waals surface area contributed by atoms with Gasteiger partial charge in [0.15, 0.2) is 5.82 Å². The van der Waals surface area contributed by atoms with Gasteiger partial charge in [-0.1, -0.05) is 12.1 Å². The molecule has 1 aromatic carbocycles. The monoisotopic (exact) mass is 240 g/mol. The predicted octanol–water partition coefficient (Wildman–Crippen LogP) is 2.64. The van der Waals surface area contributed by atoms with E-state index in [0.717, 1.165) is 18.2 Å². The van der Waals surface area contributed by atoms with Crippen LogP contribution in [-0.4, -0.2) is 23.7 Å². The third-order valence-electron chi connectivity index (χ3n) is 3.55. The lowest BCUT2D eigenvalue weighted by Gasteiger charge is -2.21. The molecule has 4 heteroatoms. The zero-order valence-corrected chi connectivity index (χ0v) is 10.9. The minimum Gasteiger partial charge on any atom is -0.340 e. The Kier molecular flexibility index (Phi) is 2.44. The van der Waals surface area contributed by atoms with Crippen molar-refractivity contribution in [1.29, 1.82) is 0 Å². The number of aryl methyl sites for hydroxylation is 1. The molecule has 2 heterocycles. The number of benzene rings is 1. The minimum atomic E-state index is 0.818. The van der Waals surface area contributed by atoms with E-state index in [1.165, 1.54) is 16.8 Å². The van der Waals surface area contributed by atoms with E-state index < -0.39 is 0 Å². The van der Waals surface area contributed by atoms with E-state index in [1.807, 2.05) is 6.20 Å². The molecular weight excluding hydrogens is 224 g/mol. The van der Waals surface area contributed by atoms with Crippen molar-refractivity contribution in [2.24, 2.45) is 0 Å². The second-order valence-corrected chi connectivity index (χ2v) is 4.72. The molecule has 0 unspecified atom stereocenters. The smallest absolute Gasteiger partial charge is 0.157 e. The number of anilines is 3. The lowest BCUT2D eigenvalue weighted by Crippen LogP contribution is -2.24. The summed E-state index contributed by atoms with van der Waals surface area (Å²) in [5.41, 5.74) is 4.92. The van der Waals surface area contributed by atoms with Crippen molar-refractivity contribution in [3.63, 3.8) is 0 Å². The summed E-state index contributed by atoms with van der Waals surface area (Å²) in [5.74, 6) is 0.992. The molecule has 1 aromatic heterocycles. The van der Waals surface area contributed by atoms with Crippen molar-refractivity contribution in [1.82, 2.24) is 9.97 Å². The third-order valence-corrected chi connectivity index (χ3v) is 3.55. The summed E-state index contributed by atoms with van der Waals surface area (Å²) in [6, 6.07) is 6.39. The van der Waals surface area contributed by atoms with Gasteiger partial charge in [0.2, 0.25) is 0 Å². The van der Waals surface area contributed by atoms with Crippen LogP contribution >= 0.6 is 0 Å². The van der Waals surface area contributed by atoms with Crippen LogP contribution in [0.3, 0.4) is 0 Å². The van der Waals surface area contributed by atoms with Gasteiger partial charge in [0, 0.05) is 12.7 Å². The first kappa shape index (κ1) is 11.0. The zero-order valence-electron chi connectivity index (χ0n) is 10.9. The molecule has 0 spiro atoms. The fraction of sp³-hybridized carbons (Fsp3) is 0.286. The van der Waals surface area contributed by atoms with E-state index in [-0.39, 0.29) is 0 Å². The Bertz CT molecular complexity index is 594. The Morgan fingerprint density at radius 1 is 1.17 bits per heavy atom. The van der Waals surface area contributed by atoms with Gasteiger partial charge in [-0.15, -0.1) is 0 Å². The van der Waals surface area contributed by atoms with Crippen LogP contribution in [0.2, 0.25) is 0 Å². The summed E-state index contributed by atoms with van der Waals surface area (Å²) >= 11 is 0. The van der Waals surface area contributed by atoms with Crippen molar-refractivity contribution in [3.05, 3.63) is 41.9 Å². The number of hydrogen-bond donors (Lipinski definition) is 0. The van der Waals surface area contributed by atoms with Crippen molar-refractivity contribution in [2.75, 3.05) is 23.5 Å². The lowest BCUT2D eigenvalue weighted by molar-refractivity contribution is 0.934. The molecule has 0 atom stereocenters. The van der Waals surface area contributed by atoms with Crippen LogP contribution in [0, 0.1) is 13.8 Å². The first-order chi connectivity index (χ1) is 8.68. The summed E-state index contributed by atoms with van der Waals surface area (Å²) in [7, 11) is 2.05. The van der Waals surface area contributed by atoms with Crippen LogP contribution in [-0.2, 0) is 0 Å². The van der Waals surface area contributed by atoms with Crippen LogP contribution in [0.25, 0.3) is 0 Å². The first-order valence-electron chi connectivity index (χ1n) is 6.03. The number of fused-ring (bicyclic) bond motifs is 1. The van der Waals surface area contributed by atoms with Crippen LogP contribution < -0.4 is 9.80 Å². The maximum Gasteiger partial charge on any atom is 0.157 e. The molecular formula is C14H16N4. The molecule has 1 aliphatic rings. The molecule has 0 saturated heterocycles. The van der Waals surface area contributed by atoms with E-state index in [9.17, 15) is 0 Å². The van der Waals surface area contributed by atoms with Gasteiger partial charge < -0.3 is 9.80 Å². The molecule has 0 amide bonds. The van der Waals surface area contributed by atoms with Crippen LogP contribution in [0.15, 0.2) is 30.7 Å². The highest BCUT2D eigenvalue weighted by molar-refractivity contribution is 5.80. The summed E-state index contributed by atoms with van der Waals surface area (Å²) in [4.78, 5) is 12.9. The molecule has 0 radical (unpaired) electrons. The van der Waals surface area contributed by atoms with Crippen LogP contribution in [0.5, 0.6) is 0 Å². The van der Waals surface area contributed by atoms with Gasteiger partial charge >= 0.3 is 0 Å². The molecule has 2 aromatic rings. The van der Waals surface area contributed by atoms with Gasteiger partial charge in [-0.3, -0.25) is 0 Å². The Labute approximate surface area is 107 Å². The van der Waals surface area contributed by atoms with Gasteiger partial charge in [-0.2, -0.15) is 0 Å². The Morgan fingerprint density at radius 3 is 2.83 bits per heavy atom. The van der Waals surface area contributed by atoms with Gasteiger partial charge in [-0.25, -0.2) is 9.97 Å². The van der Waals surface area contributed by atoms with Crippen molar-refractivity contribution >= 4 is 17.2 Å². The van der Waals surface area contributed by atoms with E-state index >= 15 is 0 Å². The zero-order chi connectivity index (χ0) is 12.7. The predicted molar refractivity (Wildman–Crippen MR) is 73.4 cm³/mol. The van der Waals surface area contributed by atoms with E-state index in [1.54, 1.807) is 6.33 Å². The largest absolute Gasteiger partial charge is 0.340 e. The Hall–Kier alpha value is -2.10. The second-order valence-electron chi connectivity index (χ2n) is 4.72. The van der Waals surface area contributed by atoms with Crippen molar-refractivity contribution in [3.8, 4) is 0 Å². The maximum absolute atomic E-state index is 4.34. The van der Waals surface area contributed by atoms with Crippen molar-refractivity contribution in [2.45, 2.75) is 13.8 Å².